The minimum atomic E-state index is -6.01. The third-order valence-corrected chi connectivity index (χ3v) is 6.45. The fourth-order valence-electron chi connectivity index (χ4n) is 1.40. The molecule has 18 heteroatoms. The maximum absolute atomic E-state index is 12.4. The summed E-state index contributed by atoms with van der Waals surface area (Å²) < 4.78 is 135. The largest absolute Gasteiger partial charge is 1.00 e. The van der Waals surface area contributed by atoms with Gasteiger partial charge in [0.1, 0.15) is 0 Å². The van der Waals surface area contributed by atoms with Gasteiger partial charge in [0, 0.05) is 9.79 Å². The molecule has 188 valence electrons. The van der Waals surface area contributed by atoms with Crippen molar-refractivity contribution in [2.45, 2.75) is 20.3 Å². The van der Waals surface area contributed by atoms with Crippen LogP contribution >= 0.6 is 23.9 Å². The van der Waals surface area contributed by atoms with E-state index in [0.717, 1.165) is 0 Å². The molecule has 0 aromatic heterocycles. The maximum Gasteiger partial charge on any atom is 1.00 e. The van der Waals surface area contributed by atoms with E-state index in [-0.39, 0.29) is 42.8 Å². The van der Waals surface area contributed by atoms with Gasteiger partial charge in [-0.1, -0.05) is 36.4 Å². The molecule has 0 aliphatic heterocycles. The number of alkyl halides is 6. The summed E-state index contributed by atoms with van der Waals surface area (Å²) in [6, 6.07) is 17.0. The molecule has 2 aromatic carbocycles. The Morgan fingerprint density at radius 1 is 0.765 bits per heavy atom. The number of nitrogens with zero attached hydrogens (tertiary/aromatic N) is 1. The Bertz CT molecular complexity index is 1030. The molecule has 0 atom stereocenters. The van der Waals surface area contributed by atoms with Crippen LogP contribution < -0.4 is 18.9 Å². The molecule has 0 aliphatic carbocycles. The maximum atomic E-state index is 12.4. The van der Waals surface area contributed by atoms with Crippen molar-refractivity contribution in [1.29, 1.82) is 0 Å². The van der Waals surface area contributed by atoms with Gasteiger partial charge in [-0.3, -0.25) is 0 Å². The zero-order valence-electron chi connectivity index (χ0n) is 16.9. The number of halogens is 8. The predicted molar refractivity (Wildman–Crippen MR) is 110 cm³/mol. The van der Waals surface area contributed by atoms with E-state index in [1.165, 1.54) is 16.3 Å². The third-order valence-electron chi connectivity index (χ3n) is 2.72. The van der Waals surface area contributed by atoms with E-state index in [2.05, 4.69) is 0 Å². The Hall–Kier alpha value is -0.963. The Morgan fingerprint density at radius 3 is 1.47 bits per heavy atom. The average molecular weight is 571 g/mol. The second-order valence-electron chi connectivity index (χ2n) is 5.31. The normalized spacial score (nSPS) is 11.8. The molecule has 0 fully saturated rings. The van der Waals surface area contributed by atoms with Crippen LogP contribution in [0, 0.1) is 0 Å². The minimum Gasteiger partial charge on any atom is -0.402 e. The van der Waals surface area contributed by atoms with Crippen molar-refractivity contribution in [3.8, 4) is 0 Å². The van der Waals surface area contributed by atoms with Crippen LogP contribution in [0.15, 0.2) is 70.5 Å². The molecule has 0 bridgehead atoms. The first kappa shape index (κ1) is 35.2. The number of sulfonamides is 1. The zero-order valence-corrected chi connectivity index (χ0v) is 20.2. The summed E-state index contributed by atoms with van der Waals surface area (Å²) in [4.78, 5) is 1.03. The van der Waals surface area contributed by atoms with Crippen molar-refractivity contribution in [1.82, 2.24) is 0 Å². The summed E-state index contributed by atoms with van der Waals surface area (Å²) >= 11 is 0.506. The molecule has 34 heavy (non-hydrogen) atoms. The molecule has 5 nitrogen and oxygen atoms in total. The van der Waals surface area contributed by atoms with Crippen LogP contribution in [0.1, 0.15) is 0 Å². The van der Waals surface area contributed by atoms with Crippen molar-refractivity contribution < 1.29 is 69.8 Å². The standard InChI is InChI=1S/C8H7F3S.C6H5FS.C2H2F4NO4S2.Li/c9-6-8(10,11)12-7-4-2-1-3-5-7;7-8-6-4-2-1-3-5-6;3-1-2(4,5)12(8,9)7-13(6,10)11;/h1-5H,6H2;1-5H;1H2;/q;;-1;+1. The molecule has 0 aliphatic rings. The monoisotopic (exact) mass is 571 g/mol. The number of hydrogen-bond donors (Lipinski definition) is 0. The molecule has 0 amide bonds. The van der Waals surface area contributed by atoms with Gasteiger partial charge in [-0.25, -0.2) is 25.6 Å². The van der Waals surface area contributed by atoms with Crippen molar-refractivity contribution in [2.24, 2.45) is 0 Å². The van der Waals surface area contributed by atoms with E-state index < -0.39 is 44.3 Å². The molecular formula is C16H14F8LiNO4S4. The summed E-state index contributed by atoms with van der Waals surface area (Å²) in [5.74, 6) is 0. The van der Waals surface area contributed by atoms with Gasteiger partial charge in [0.25, 0.3) is 0 Å². The Morgan fingerprint density at radius 2 is 1.18 bits per heavy atom. The Balaban J connectivity index is 0. The fraction of sp³-hybridized carbons (Fsp3) is 0.250. The molecule has 0 heterocycles. The van der Waals surface area contributed by atoms with Crippen molar-refractivity contribution >= 4 is 44.3 Å². The molecule has 0 radical (unpaired) electrons. The van der Waals surface area contributed by atoms with Crippen molar-refractivity contribution in [2.75, 3.05) is 13.3 Å². The Kier molecular flexibility index (Phi) is 16.5. The van der Waals surface area contributed by atoms with Gasteiger partial charge in [0.05, 0.1) is 12.1 Å². The molecule has 2 rings (SSSR count). The van der Waals surface area contributed by atoms with Crippen molar-refractivity contribution in [3.05, 3.63) is 64.8 Å². The molecule has 0 saturated carbocycles. The molecule has 0 saturated heterocycles. The van der Waals surface area contributed by atoms with E-state index in [1.807, 2.05) is 18.2 Å². The first-order chi connectivity index (χ1) is 15.1. The predicted octanol–water partition coefficient (Wildman–Crippen LogP) is 3.47. The smallest absolute Gasteiger partial charge is 0.402 e. The van der Waals surface area contributed by atoms with Crippen LogP contribution in [0.5, 0.6) is 0 Å². The first-order valence-corrected chi connectivity index (χ1v) is 12.3. The summed E-state index contributed by atoms with van der Waals surface area (Å²) in [7, 11) is -12.0. The topological polar surface area (TPSA) is 82.4 Å². The van der Waals surface area contributed by atoms with Crippen LogP contribution in [0.25, 0.3) is 4.13 Å². The fourth-order valence-corrected chi connectivity index (χ4v) is 3.87. The molecule has 0 spiro atoms. The zero-order chi connectivity index (χ0) is 25.8. The van der Waals surface area contributed by atoms with Crippen LogP contribution in [-0.4, -0.2) is 40.7 Å². The van der Waals surface area contributed by atoms with E-state index in [9.17, 15) is 50.9 Å². The Labute approximate surface area is 211 Å². The molecule has 2 aromatic rings. The summed E-state index contributed by atoms with van der Waals surface area (Å²) in [6.45, 7) is -4.32. The van der Waals surface area contributed by atoms with Crippen LogP contribution in [-0.2, 0) is 20.4 Å². The minimum absolute atomic E-state index is 0. The van der Waals surface area contributed by atoms with Gasteiger partial charge >= 0.3 is 29.4 Å². The van der Waals surface area contributed by atoms with E-state index in [0.29, 0.717) is 9.79 Å². The van der Waals surface area contributed by atoms with E-state index in [4.69, 9.17) is 0 Å². The van der Waals surface area contributed by atoms with Gasteiger partial charge in [0.15, 0.2) is 23.4 Å². The van der Waals surface area contributed by atoms with Crippen molar-refractivity contribution in [3.63, 3.8) is 0 Å². The third kappa shape index (κ3) is 15.1. The van der Waals surface area contributed by atoms with Crippen LogP contribution in [0.4, 0.5) is 34.1 Å². The van der Waals surface area contributed by atoms with Gasteiger partial charge in [-0.2, -0.15) is 21.4 Å². The summed E-state index contributed by atoms with van der Waals surface area (Å²) in [6.07, 6.45) is 0. The number of thioether (sulfide) groups is 1. The van der Waals surface area contributed by atoms with Crippen LogP contribution in [0.3, 0.4) is 0 Å². The number of hydrogen-bond acceptors (Lipinski definition) is 6. The molecular weight excluding hydrogens is 557 g/mol. The summed E-state index contributed by atoms with van der Waals surface area (Å²) in [5.41, 5.74) is 0. The SMILES string of the molecule is FCC(F)(F)Sc1ccccc1.FSc1ccccc1.O=S(=O)(F)[N-]S(=O)(=O)C(F)(F)CF.[Li+]. The van der Waals surface area contributed by atoms with E-state index in [1.54, 1.807) is 30.3 Å². The van der Waals surface area contributed by atoms with Gasteiger partial charge in [-0.15, -0.1) is 3.89 Å². The van der Waals surface area contributed by atoms with E-state index >= 15 is 0 Å². The average Bonchev–Trinajstić information content (AvgIpc) is 2.74. The van der Waals surface area contributed by atoms with Crippen LogP contribution in [0.2, 0.25) is 0 Å². The molecule has 0 N–H and O–H groups in total. The number of rotatable bonds is 8. The number of benzene rings is 2. The quantitative estimate of drug-likeness (QED) is 0.209. The van der Waals surface area contributed by atoms with Gasteiger partial charge < -0.3 is 4.13 Å². The summed E-state index contributed by atoms with van der Waals surface area (Å²) in [5, 5.41) is -8.34. The first-order valence-electron chi connectivity index (χ1n) is 7.98. The second-order valence-corrected chi connectivity index (χ2v) is 10.2. The second kappa shape index (κ2) is 15.9. The van der Waals surface area contributed by atoms with Gasteiger partial charge in [0.2, 0.25) is 10.4 Å². The molecule has 0 unspecified atom stereocenters. The van der Waals surface area contributed by atoms with Gasteiger partial charge in [-0.05, 0) is 36.0 Å².